The highest BCUT2D eigenvalue weighted by Gasteiger charge is 2.13. The van der Waals surface area contributed by atoms with Crippen LogP contribution in [0.5, 0.6) is 0 Å². The summed E-state index contributed by atoms with van der Waals surface area (Å²) in [6.07, 6.45) is 4.27. The van der Waals surface area contributed by atoms with Crippen LogP contribution in [0.3, 0.4) is 0 Å². The molecule has 1 atom stereocenters. The van der Waals surface area contributed by atoms with Gasteiger partial charge in [-0.2, -0.15) is 16.4 Å². The number of nitrogens with one attached hydrogen (secondary N) is 2. The largest absolute Gasteiger partial charge is 0.396 e. The van der Waals surface area contributed by atoms with Crippen molar-refractivity contribution in [1.29, 1.82) is 0 Å². The van der Waals surface area contributed by atoms with Crippen molar-refractivity contribution in [2.45, 2.75) is 6.42 Å². The van der Waals surface area contributed by atoms with Crippen molar-refractivity contribution < 1.29 is 9.90 Å². The van der Waals surface area contributed by atoms with Crippen LogP contribution in [0.2, 0.25) is 0 Å². The smallest absolute Gasteiger partial charge is 0.251 e. The molecule has 0 fully saturated rings. The molecule has 0 radical (unpaired) electrons. The Morgan fingerprint density at radius 2 is 2.25 bits per heavy atom. The van der Waals surface area contributed by atoms with Crippen LogP contribution in [0, 0.1) is 5.92 Å². The van der Waals surface area contributed by atoms with Gasteiger partial charge in [-0.15, -0.1) is 0 Å². The number of aliphatic hydroxyl groups is 1. The van der Waals surface area contributed by atoms with Crippen molar-refractivity contribution in [3.8, 4) is 11.1 Å². The summed E-state index contributed by atoms with van der Waals surface area (Å²) in [4.78, 5) is 12.4. The van der Waals surface area contributed by atoms with E-state index < -0.39 is 0 Å². The van der Waals surface area contributed by atoms with Crippen LogP contribution < -0.4 is 5.32 Å². The second-order valence-corrected chi connectivity index (χ2v) is 6.44. The number of nitrogens with zero attached hydrogens (tertiary/aromatic N) is 1. The fourth-order valence-electron chi connectivity index (χ4n) is 2.53. The summed E-state index contributed by atoms with van der Waals surface area (Å²) >= 11 is 1.64. The number of rotatable bonds is 7. The van der Waals surface area contributed by atoms with Gasteiger partial charge >= 0.3 is 0 Å². The van der Waals surface area contributed by atoms with Gasteiger partial charge in [0, 0.05) is 36.4 Å². The number of carbonyl (C=O) groups is 1. The van der Waals surface area contributed by atoms with Crippen LogP contribution in [0.25, 0.3) is 11.1 Å². The maximum Gasteiger partial charge on any atom is 0.251 e. The van der Waals surface area contributed by atoms with Gasteiger partial charge in [0.25, 0.3) is 5.91 Å². The third-order valence-corrected chi connectivity index (χ3v) is 4.60. The van der Waals surface area contributed by atoms with Crippen molar-refractivity contribution in [2.24, 2.45) is 5.92 Å². The molecule has 0 bridgehead atoms. The van der Waals surface area contributed by atoms with E-state index >= 15 is 0 Å². The minimum Gasteiger partial charge on any atom is -0.396 e. The van der Waals surface area contributed by atoms with Crippen molar-refractivity contribution in [1.82, 2.24) is 15.5 Å². The first-order valence-corrected chi connectivity index (χ1v) is 8.70. The van der Waals surface area contributed by atoms with Crippen LogP contribution in [0.1, 0.15) is 15.9 Å². The highest BCUT2D eigenvalue weighted by molar-refractivity contribution is 7.07. The molecule has 6 heteroatoms. The molecule has 0 spiro atoms. The minimum absolute atomic E-state index is 0.0145. The first-order valence-electron chi connectivity index (χ1n) is 7.75. The number of amides is 1. The van der Waals surface area contributed by atoms with E-state index in [1.165, 1.54) is 5.56 Å². The number of hydrogen-bond acceptors (Lipinski definition) is 4. The number of carbonyl (C=O) groups excluding carboxylic acids is 1. The summed E-state index contributed by atoms with van der Waals surface area (Å²) in [7, 11) is 0. The molecular weight excluding hydrogens is 322 g/mol. The molecule has 0 aliphatic heterocycles. The zero-order chi connectivity index (χ0) is 16.8. The molecule has 2 aromatic heterocycles. The van der Waals surface area contributed by atoms with Crippen molar-refractivity contribution in [3.63, 3.8) is 0 Å². The Morgan fingerprint density at radius 3 is 2.96 bits per heavy atom. The second-order valence-electron chi connectivity index (χ2n) is 5.66. The zero-order valence-corrected chi connectivity index (χ0v) is 13.9. The maximum absolute atomic E-state index is 12.4. The number of hydrogen-bond donors (Lipinski definition) is 3. The van der Waals surface area contributed by atoms with Gasteiger partial charge < -0.3 is 10.4 Å². The van der Waals surface area contributed by atoms with Crippen LogP contribution in [-0.4, -0.2) is 34.4 Å². The Kier molecular flexibility index (Phi) is 5.40. The standard InChI is InChI=1S/C18H19N3O2S/c22-11-14(6-13-4-5-24-12-13)8-19-18(23)16-3-1-2-15(7-16)17-9-20-21-10-17/h1-5,7,9-10,12,14,22H,6,8,11H2,(H,19,23)(H,20,21)/t14-/m1/s1. The van der Waals surface area contributed by atoms with E-state index in [1.54, 1.807) is 29.8 Å². The molecule has 5 nitrogen and oxygen atoms in total. The minimum atomic E-state index is -0.135. The molecule has 3 rings (SSSR count). The number of aliphatic hydroxyl groups excluding tert-OH is 1. The summed E-state index contributed by atoms with van der Waals surface area (Å²) < 4.78 is 0. The summed E-state index contributed by atoms with van der Waals surface area (Å²) in [5.41, 5.74) is 3.67. The molecule has 2 heterocycles. The van der Waals surface area contributed by atoms with E-state index in [1.807, 2.05) is 29.6 Å². The summed E-state index contributed by atoms with van der Waals surface area (Å²) in [6, 6.07) is 9.46. The lowest BCUT2D eigenvalue weighted by atomic mass is 10.0. The van der Waals surface area contributed by atoms with E-state index in [0.29, 0.717) is 12.1 Å². The predicted molar refractivity (Wildman–Crippen MR) is 95.0 cm³/mol. The van der Waals surface area contributed by atoms with Crippen LogP contribution >= 0.6 is 11.3 Å². The van der Waals surface area contributed by atoms with Gasteiger partial charge in [0.15, 0.2) is 0 Å². The molecule has 0 aliphatic carbocycles. The number of H-pyrrole nitrogens is 1. The van der Waals surface area contributed by atoms with Gasteiger partial charge in [-0.05, 0) is 46.5 Å². The molecule has 0 unspecified atom stereocenters. The van der Waals surface area contributed by atoms with E-state index in [-0.39, 0.29) is 18.4 Å². The monoisotopic (exact) mass is 341 g/mol. The molecule has 0 saturated heterocycles. The number of benzene rings is 1. The lowest BCUT2D eigenvalue weighted by molar-refractivity contribution is 0.0940. The van der Waals surface area contributed by atoms with E-state index in [9.17, 15) is 9.90 Å². The number of thiophene rings is 1. The van der Waals surface area contributed by atoms with Crippen LogP contribution in [0.15, 0.2) is 53.5 Å². The molecule has 3 aromatic rings. The lowest BCUT2D eigenvalue weighted by Gasteiger charge is -2.14. The SMILES string of the molecule is O=C(NC[C@H](CO)Cc1ccsc1)c1cccc(-c2cn[nH]c2)c1. The topological polar surface area (TPSA) is 78.0 Å². The highest BCUT2D eigenvalue weighted by atomic mass is 32.1. The Labute approximate surface area is 144 Å². The average Bonchev–Trinajstić information content (AvgIpc) is 3.32. The molecular formula is C18H19N3O2S. The van der Waals surface area contributed by atoms with Gasteiger partial charge in [-0.3, -0.25) is 9.89 Å². The van der Waals surface area contributed by atoms with Gasteiger partial charge in [0.2, 0.25) is 0 Å². The maximum atomic E-state index is 12.4. The molecule has 24 heavy (non-hydrogen) atoms. The summed E-state index contributed by atoms with van der Waals surface area (Å²) in [5, 5.41) is 23.2. The second kappa shape index (κ2) is 7.90. The molecule has 0 aliphatic rings. The van der Waals surface area contributed by atoms with Crippen LogP contribution in [0.4, 0.5) is 0 Å². The van der Waals surface area contributed by atoms with Crippen LogP contribution in [-0.2, 0) is 6.42 Å². The summed E-state index contributed by atoms with van der Waals surface area (Å²) in [6.45, 7) is 0.492. The van der Waals surface area contributed by atoms with Crippen molar-refractivity contribution in [2.75, 3.05) is 13.2 Å². The van der Waals surface area contributed by atoms with Gasteiger partial charge in [0.1, 0.15) is 0 Å². The summed E-state index contributed by atoms with van der Waals surface area (Å²) in [5.74, 6) is -0.121. The highest BCUT2D eigenvalue weighted by Crippen LogP contribution is 2.19. The van der Waals surface area contributed by atoms with E-state index in [4.69, 9.17) is 0 Å². The molecule has 0 saturated carbocycles. The third-order valence-electron chi connectivity index (χ3n) is 3.87. The number of aromatic nitrogens is 2. The normalized spacial score (nSPS) is 12.0. The van der Waals surface area contributed by atoms with Gasteiger partial charge in [0.05, 0.1) is 6.20 Å². The number of aromatic amines is 1. The predicted octanol–water partition coefficient (Wildman–Crippen LogP) is 2.72. The quantitative estimate of drug-likeness (QED) is 0.618. The first kappa shape index (κ1) is 16.4. The first-order chi connectivity index (χ1) is 11.8. The Hall–Kier alpha value is -2.44. The van der Waals surface area contributed by atoms with E-state index in [0.717, 1.165) is 17.5 Å². The lowest BCUT2D eigenvalue weighted by Crippen LogP contribution is -2.31. The third kappa shape index (κ3) is 4.10. The fraction of sp³-hybridized carbons (Fsp3) is 0.222. The Bertz CT molecular complexity index is 769. The van der Waals surface area contributed by atoms with Crippen molar-refractivity contribution >= 4 is 17.2 Å². The molecule has 124 valence electrons. The van der Waals surface area contributed by atoms with Crippen molar-refractivity contribution in [3.05, 3.63) is 64.6 Å². The Balaban J connectivity index is 1.61. The Morgan fingerprint density at radius 1 is 1.33 bits per heavy atom. The average molecular weight is 341 g/mol. The molecule has 1 aromatic carbocycles. The zero-order valence-electron chi connectivity index (χ0n) is 13.1. The fourth-order valence-corrected chi connectivity index (χ4v) is 3.21. The van der Waals surface area contributed by atoms with E-state index in [2.05, 4.69) is 20.9 Å². The molecule has 1 amide bonds. The van der Waals surface area contributed by atoms with Gasteiger partial charge in [-0.25, -0.2) is 0 Å². The molecule has 3 N–H and O–H groups in total. The van der Waals surface area contributed by atoms with Gasteiger partial charge in [-0.1, -0.05) is 12.1 Å².